The maximum Gasteiger partial charge on any atom is 0.329 e. The van der Waals surface area contributed by atoms with Crippen molar-refractivity contribution in [1.82, 2.24) is 0 Å². The Balaban J connectivity index is 2.40. The number of nitriles is 4. The zero-order chi connectivity index (χ0) is 28.1. The number of rotatable bonds is 12. The Kier molecular flexibility index (Phi) is 8.52. The van der Waals surface area contributed by atoms with Crippen LogP contribution in [0.15, 0.2) is 0 Å². The maximum absolute atomic E-state index is 12.8. The third kappa shape index (κ3) is 3.67. The van der Waals surface area contributed by atoms with Crippen molar-refractivity contribution in [2.75, 3.05) is 26.4 Å². The second kappa shape index (κ2) is 10.8. The monoisotopic (exact) mass is 512 g/mol. The van der Waals surface area contributed by atoms with E-state index < -0.39 is 57.4 Å². The van der Waals surface area contributed by atoms with Crippen LogP contribution >= 0.6 is 0 Å². The molecule has 0 aliphatic heterocycles. The van der Waals surface area contributed by atoms with Crippen LogP contribution in [0.4, 0.5) is 0 Å². The van der Waals surface area contributed by atoms with E-state index >= 15 is 0 Å². The highest BCUT2D eigenvalue weighted by atomic mass is 16.6. The highest BCUT2D eigenvalue weighted by Crippen LogP contribution is 2.74. The first-order valence-electron chi connectivity index (χ1n) is 12.0. The van der Waals surface area contributed by atoms with Crippen molar-refractivity contribution in [3.05, 3.63) is 0 Å². The molecule has 2 aliphatic rings. The lowest BCUT2D eigenvalue weighted by molar-refractivity contribution is -0.155. The van der Waals surface area contributed by atoms with Gasteiger partial charge in [0.2, 0.25) is 0 Å². The fraction of sp³-hybridized carbons (Fsp3) is 0.680. The molecule has 4 atom stereocenters. The Morgan fingerprint density at radius 3 is 0.919 bits per heavy atom. The third-order valence-corrected chi connectivity index (χ3v) is 7.25. The average molecular weight is 513 g/mol. The first kappa shape index (κ1) is 29.1. The second-order valence-electron chi connectivity index (χ2n) is 8.60. The number of esters is 4. The lowest BCUT2D eigenvalue weighted by atomic mass is 9.95. The Labute approximate surface area is 214 Å². The van der Waals surface area contributed by atoms with Gasteiger partial charge in [0.1, 0.15) is 0 Å². The van der Waals surface area contributed by atoms with E-state index in [1.54, 1.807) is 24.3 Å². The van der Waals surface area contributed by atoms with E-state index in [0.29, 0.717) is 0 Å². The standard InChI is InChI=1S/C25H28N4O8/c1-5-34-18(30)22(12-26)16(23(22,13-27)19(31)35-6-2)10-9-11-17-24(14-28,20(32)36-7-3)25(17,15-29)21(33)37-8-4/h16-17H,5-11H2,1-4H3. The molecule has 12 nitrogen and oxygen atoms in total. The van der Waals surface area contributed by atoms with Crippen LogP contribution in [0.3, 0.4) is 0 Å². The van der Waals surface area contributed by atoms with Gasteiger partial charge in [-0.25, -0.2) is 0 Å². The molecule has 0 bridgehead atoms. The van der Waals surface area contributed by atoms with Crippen LogP contribution in [0.2, 0.25) is 0 Å². The van der Waals surface area contributed by atoms with Crippen molar-refractivity contribution in [3.63, 3.8) is 0 Å². The topological polar surface area (TPSA) is 200 Å². The Morgan fingerprint density at radius 1 is 0.541 bits per heavy atom. The summed E-state index contributed by atoms with van der Waals surface area (Å²) in [7, 11) is 0. The largest absolute Gasteiger partial charge is 0.465 e. The van der Waals surface area contributed by atoms with Crippen LogP contribution in [0, 0.1) is 78.8 Å². The molecule has 2 rings (SSSR count). The number of carbonyl (C=O) groups excluding carboxylic acids is 4. The summed E-state index contributed by atoms with van der Waals surface area (Å²) >= 11 is 0. The van der Waals surface area contributed by atoms with Gasteiger partial charge in [-0.1, -0.05) is 6.42 Å². The van der Waals surface area contributed by atoms with Crippen LogP contribution in [-0.2, 0) is 38.1 Å². The maximum atomic E-state index is 12.8. The molecule has 0 aromatic rings. The molecule has 37 heavy (non-hydrogen) atoms. The number of nitrogens with zero attached hydrogens (tertiary/aromatic N) is 4. The lowest BCUT2D eigenvalue weighted by Gasteiger charge is -2.11. The van der Waals surface area contributed by atoms with Crippen molar-refractivity contribution in [3.8, 4) is 24.3 Å². The summed E-state index contributed by atoms with van der Waals surface area (Å²) in [6.45, 7) is 5.70. The van der Waals surface area contributed by atoms with E-state index in [1.807, 2.05) is 0 Å². The average Bonchev–Trinajstić information content (AvgIpc) is 3.70. The molecule has 196 valence electrons. The Morgan fingerprint density at radius 2 is 0.757 bits per heavy atom. The lowest BCUT2D eigenvalue weighted by Crippen LogP contribution is -2.30. The first-order valence-corrected chi connectivity index (χ1v) is 12.0. The van der Waals surface area contributed by atoms with Crippen LogP contribution in [-0.4, -0.2) is 50.3 Å². The molecule has 0 radical (unpaired) electrons. The minimum atomic E-state index is -2.10. The van der Waals surface area contributed by atoms with Crippen molar-refractivity contribution in [1.29, 1.82) is 21.0 Å². The fourth-order valence-corrected chi connectivity index (χ4v) is 5.54. The van der Waals surface area contributed by atoms with Gasteiger partial charge in [0, 0.05) is 11.8 Å². The van der Waals surface area contributed by atoms with Gasteiger partial charge in [0.05, 0.1) is 50.7 Å². The predicted octanol–water partition coefficient (Wildman–Crippen LogP) is 1.71. The molecule has 2 fully saturated rings. The molecule has 12 heteroatoms. The minimum Gasteiger partial charge on any atom is -0.465 e. The molecule has 0 heterocycles. The molecule has 2 aliphatic carbocycles. The molecule has 0 saturated heterocycles. The third-order valence-electron chi connectivity index (χ3n) is 7.25. The minimum absolute atomic E-state index is 0.0483. The van der Waals surface area contributed by atoms with Crippen molar-refractivity contribution >= 4 is 23.9 Å². The van der Waals surface area contributed by atoms with Crippen molar-refractivity contribution in [2.45, 2.75) is 47.0 Å². The van der Waals surface area contributed by atoms with E-state index in [0.717, 1.165) is 0 Å². The molecular weight excluding hydrogens is 484 g/mol. The Hall–Kier alpha value is -4.16. The molecule has 4 unspecified atom stereocenters. The first-order chi connectivity index (χ1) is 17.6. The van der Waals surface area contributed by atoms with E-state index in [4.69, 9.17) is 18.9 Å². The van der Waals surface area contributed by atoms with Gasteiger partial charge in [0.25, 0.3) is 0 Å². The number of hydrogen-bond acceptors (Lipinski definition) is 12. The van der Waals surface area contributed by atoms with Crippen LogP contribution in [0.25, 0.3) is 0 Å². The summed E-state index contributed by atoms with van der Waals surface area (Å²) in [4.78, 5) is 51.1. The van der Waals surface area contributed by atoms with Crippen LogP contribution in [0.5, 0.6) is 0 Å². The van der Waals surface area contributed by atoms with E-state index in [-0.39, 0.29) is 45.7 Å². The summed E-state index contributed by atoms with van der Waals surface area (Å²) in [5.74, 6) is -6.33. The van der Waals surface area contributed by atoms with Crippen LogP contribution < -0.4 is 0 Å². The van der Waals surface area contributed by atoms with Gasteiger partial charge in [-0.2, -0.15) is 21.0 Å². The number of ether oxygens (including phenoxy) is 4. The molecule has 0 spiro atoms. The molecule has 0 N–H and O–H groups in total. The highest BCUT2D eigenvalue weighted by molar-refractivity contribution is 6.01. The molecule has 0 amide bonds. The molecule has 0 aromatic heterocycles. The summed E-state index contributed by atoms with van der Waals surface area (Å²) in [5, 5.41) is 39.7. The second-order valence-corrected chi connectivity index (χ2v) is 8.60. The quantitative estimate of drug-likeness (QED) is 0.271. The molecule has 2 saturated carbocycles. The van der Waals surface area contributed by atoms with Gasteiger partial charge in [-0.05, 0) is 40.5 Å². The van der Waals surface area contributed by atoms with E-state index in [2.05, 4.69) is 0 Å². The smallest absolute Gasteiger partial charge is 0.329 e. The summed E-state index contributed by atoms with van der Waals surface area (Å²) in [5.41, 5.74) is -8.41. The zero-order valence-electron chi connectivity index (χ0n) is 21.2. The van der Waals surface area contributed by atoms with Crippen molar-refractivity contribution < 1.29 is 38.1 Å². The van der Waals surface area contributed by atoms with Gasteiger partial charge in [0.15, 0.2) is 21.7 Å². The number of hydrogen-bond donors (Lipinski definition) is 0. The van der Waals surface area contributed by atoms with E-state index in [1.165, 1.54) is 27.7 Å². The van der Waals surface area contributed by atoms with Gasteiger partial charge in [-0.3, -0.25) is 19.2 Å². The molecule has 0 aromatic carbocycles. The van der Waals surface area contributed by atoms with E-state index in [9.17, 15) is 40.2 Å². The molecular formula is C25H28N4O8. The highest BCUT2D eigenvalue weighted by Gasteiger charge is 2.89. The Bertz CT molecular complexity index is 971. The summed E-state index contributed by atoms with van der Waals surface area (Å²) in [6, 6.07) is 7.18. The van der Waals surface area contributed by atoms with Crippen LogP contribution in [0.1, 0.15) is 47.0 Å². The van der Waals surface area contributed by atoms with Gasteiger partial charge in [-0.15, -0.1) is 0 Å². The van der Waals surface area contributed by atoms with Gasteiger partial charge >= 0.3 is 23.9 Å². The van der Waals surface area contributed by atoms with Gasteiger partial charge < -0.3 is 18.9 Å². The fourth-order valence-electron chi connectivity index (χ4n) is 5.54. The SMILES string of the molecule is CCOC(=O)C1(C#N)C(CCCC2C(C#N)(C(=O)OCC)C2(C#N)C(=O)OCC)C1(C#N)C(=O)OCC. The summed E-state index contributed by atoms with van der Waals surface area (Å²) in [6.07, 6.45) is -0.0828. The zero-order valence-corrected chi connectivity index (χ0v) is 21.2. The number of carbonyl (C=O) groups is 4. The summed E-state index contributed by atoms with van der Waals surface area (Å²) < 4.78 is 20.0. The predicted molar refractivity (Wildman–Crippen MR) is 120 cm³/mol. The van der Waals surface area contributed by atoms with Crippen molar-refractivity contribution in [2.24, 2.45) is 33.5 Å². The normalized spacial score (nSPS) is 32.8.